The summed E-state index contributed by atoms with van der Waals surface area (Å²) in [7, 11) is 0. The summed E-state index contributed by atoms with van der Waals surface area (Å²) in [5.41, 5.74) is 0.417. The molecule has 1 aromatic heterocycles. The molecule has 3 fully saturated rings. The van der Waals surface area contributed by atoms with Crippen LogP contribution in [0.25, 0.3) is 0 Å². The number of nitrogens with one attached hydrogen (secondary N) is 3. The normalized spacial score (nSPS) is 25.8. The molecule has 0 spiro atoms. The van der Waals surface area contributed by atoms with Crippen molar-refractivity contribution in [1.82, 2.24) is 20.2 Å². The van der Waals surface area contributed by atoms with Gasteiger partial charge in [-0.15, -0.1) is 0 Å². The number of rotatable bonds is 9. The number of aliphatic hydroxyl groups excluding tert-OH is 1. The van der Waals surface area contributed by atoms with E-state index >= 15 is 0 Å². The minimum atomic E-state index is -0.974. The first kappa shape index (κ1) is 24.1. The van der Waals surface area contributed by atoms with E-state index in [1.807, 2.05) is 0 Å². The fourth-order valence-corrected chi connectivity index (χ4v) is 4.93. The van der Waals surface area contributed by atoms with E-state index in [0.717, 1.165) is 57.7 Å². The second kappa shape index (κ2) is 11.4. The number of carbonyl (C=O) groups excluding carboxylic acids is 1. The van der Waals surface area contributed by atoms with E-state index in [0.29, 0.717) is 23.8 Å². The lowest BCUT2D eigenvalue weighted by molar-refractivity contribution is 0.0800. The lowest BCUT2D eigenvalue weighted by Gasteiger charge is -2.41. The monoisotopic (exact) mass is 462 g/mol. The van der Waals surface area contributed by atoms with Gasteiger partial charge in [-0.2, -0.15) is 4.98 Å². The second-order valence-electron chi connectivity index (χ2n) is 9.86. The highest BCUT2D eigenvalue weighted by Crippen LogP contribution is 2.28. The van der Waals surface area contributed by atoms with Crippen LogP contribution in [0.5, 0.6) is 0 Å². The molecule has 1 saturated heterocycles. The van der Waals surface area contributed by atoms with Gasteiger partial charge in [-0.1, -0.05) is 13.3 Å². The van der Waals surface area contributed by atoms with Gasteiger partial charge < -0.3 is 26.0 Å². The van der Waals surface area contributed by atoms with Crippen molar-refractivity contribution in [2.24, 2.45) is 0 Å². The Morgan fingerprint density at radius 2 is 1.88 bits per heavy atom. The van der Waals surface area contributed by atoms with Crippen molar-refractivity contribution >= 4 is 17.7 Å². The van der Waals surface area contributed by atoms with Crippen molar-refractivity contribution < 1.29 is 14.3 Å². The Hall–Kier alpha value is -2.00. The van der Waals surface area contributed by atoms with Crippen LogP contribution in [0, 0.1) is 0 Å². The van der Waals surface area contributed by atoms with E-state index in [9.17, 15) is 14.3 Å². The number of hydrogen-bond acceptors (Lipinski definition) is 7. The summed E-state index contributed by atoms with van der Waals surface area (Å²) in [5, 5.41) is 19.3. The molecule has 9 heteroatoms. The number of carbonyl (C=O) groups is 1. The Morgan fingerprint density at radius 3 is 2.52 bits per heavy atom. The zero-order valence-corrected chi connectivity index (χ0v) is 19.7. The average Bonchev–Trinajstić information content (AvgIpc) is 2.79. The summed E-state index contributed by atoms with van der Waals surface area (Å²) in [6.45, 7) is 4.00. The van der Waals surface area contributed by atoms with Crippen LogP contribution >= 0.6 is 0 Å². The van der Waals surface area contributed by atoms with Crippen LogP contribution in [0.3, 0.4) is 0 Å². The van der Waals surface area contributed by atoms with E-state index in [1.165, 1.54) is 25.5 Å². The van der Waals surface area contributed by atoms with Crippen LogP contribution in [0.15, 0.2) is 6.20 Å². The van der Waals surface area contributed by atoms with Gasteiger partial charge in [-0.25, -0.2) is 9.37 Å². The molecule has 3 aliphatic rings. The zero-order chi connectivity index (χ0) is 23.2. The zero-order valence-electron chi connectivity index (χ0n) is 19.7. The Morgan fingerprint density at radius 1 is 1.15 bits per heavy atom. The summed E-state index contributed by atoms with van der Waals surface area (Å²) in [4.78, 5) is 24.5. The fourth-order valence-electron chi connectivity index (χ4n) is 4.93. The van der Waals surface area contributed by atoms with Crippen molar-refractivity contribution in [3.63, 3.8) is 0 Å². The van der Waals surface area contributed by atoms with Crippen molar-refractivity contribution in [2.45, 2.75) is 102 Å². The number of piperidine rings is 1. The maximum atomic E-state index is 13.7. The van der Waals surface area contributed by atoms with Crippen LogP contribution in [-0.4, -0.2) is 75.9 Å². The van der Waals surface area contributed by atoms with Gasteiger partial charge in [-0.05, 0) is 57.8 Å². The lowest BCUT2D eigenvalue weighted by atomic mass is 9.89. The van der Waals surface area contributed by atoms with Crippen LogP contribution in [0.4, 0.5) is 16.2 Å². The van der Waals surface area contributed by atoms with Gasteiger partial charge in [0.15, 0.2) is 0 Å². The Labute approximate surface area is 196 Å². The molecule has 184 valence electrons. The number of likely N-dealkylation sites (tertiary alicyclic amines) is 1. The predicted molar refractivity (Wildman–Crippen MR) is 127 cm³/mol. The number of nitrogens with zero attached hydrogens (tertiary/aromatic N) is 3. The van der Waals surface area contributed by atoms with E-state index in [-0.39, 0.29) is 30.6 Å². The van der Waals surface area contributed by atoms with Gasteiger partial charge in [0.2, 0.25) is 5.95 Å². The summed E-state index contributed by atoms with van der Waals surface area (Å²) in [6, 6.07) is 1.04. The van der Waals surface area contributed by atoms with Crippen LogP contribution in [0.1, 0.15) is 81.5 Å². The first-order valence-electron chi connectivity index (χ1n) is 12.8. The standard InChI is InChI=1S/C24H39FN6O2/c1-2-16(25)14-26-24-27-15-21(22(30-24)28-17-6-8-20(32)9-7-17)23(33)29-18-10-12-31(13-11-18)19-4-3-5-19/h15-20,32H,2-14H2,1H3,(H,29,33)(H2,26,27,28,30). The molecule has 2 saturated carbocycles. The molecule has 1 amide bonds. The topological polar surface area (TPSA) is 102 Å². The second-order valence-corrected chi connectivity index (χ2v) is 9.86. The molecule has 0 bridgehead atoms. The van der Waals surface area contributed by atoms with Crippen LogP contribution < -0.4 is 16.0 Å². The maximum Gasteiger partial charge on any atom is 0.256 e. The van der Waals surface area contributed by atoms with Gasteiger partial charge in [0.1, 0.15) is 17.6 Å². The fraction of sp³-hybridized carbons (Fsp3) is 0.792. The third-order valence-electron chi connectivity index (χ3n) is 7.45. The SMILES string of the molecule is CCC(F)CNc1ncc(C(=O)NC2CCN(C3CCC3)CC2)c(NC2CCC(O)CC2)n1. The largest absolute Gasteiger partial charge is 0.393 e. The first-order chi connectivity index (χ1) is 16.0. The number of amides is 1. The molecule has 4 rings (SSSR count). The molecule has 1 atom stereocenters. The molecule has 4 N–H and O–H groups in total. The summed E-state index contributed by atoms with van der Waals surface area (Å²) in [6.07, 6.45) is 9.70. The van der Waals surface area contributed by atoms with Gasteiger partial charge in [-0.3, -0.25) is 4.79 Å². The van der Waals surface area contributed by atoms with E-state index in [4.69, 9.17) is 0 Å². The van der Waals surface area contributed by atoms with E-state index < -0.39 is 6.17 Å². The average molecular weight is 463 g/mol. The molecule has 2 aliphatic carbocycles. The molecular weight excluding hydrogens is 423 g/mol. The molecule has 0 radical (unpaired) electrons. The molecule has 1 aromatic rings. The molecule has 1 unspecified atom stereocenters. The van der Waals surface area contributed by atoms with E-state index in [2.05, 4.69) is 30.8 Å². The number of aromatic nitrogens is 2. The van der Waals surface area contributed by atoms with Crippen LogP contribution in [-0.2, 0) is 0 Å². The van der Waals surface area contributed by atoms with E-state index in [1.54, 1.807) is 6.92 Å². The molecule has 8 nitrogen and oxygen atoms in total. The highest BCUT2D eigenvalue weighted by molar-refractivity contribution is 5.98. The highest BCUT2D eigenvalue weighted by atomic mass is 19.1. The minimum absolute atomic E-state index is 0.136. The van der Waals surface area contributed by atoms with Gasteiger partial charge in [0.05, 0.1) is 6.10 Å². The van der Waals surface area contributed by atoms with Crippen LogP contribution in [0.2, 0.25) is 0 Å². The third kappa shape index (κ3) is 6.53. The van der Waals surface area contributed by atoms with Crippen molar-refractivity contribution in [3.8, 4) is 0 Å². The molecular formula is C24H39FN6O2. The van der Waals surface area contributed by atoms with Crippen molar-refractivity contribution in [2.75, 3.05) is 30.3 Å². The lowest BCUT2D eigenvalue weighted by Crippen LogP contribution is -2.49. The quantitative estimate of drug-likeness (QED) is 0.447. The molecule has 0 aromatic carbocycles. The number of alkyl halides is 1. The number of anilines is 2. The third-order valence-corrected chi connectivity index (χ3v) is 7.45. The number of hydrogen-bond donors (Lipinski definition) is 4. The smallest absolute Gasteiger partial charge is 0.256 e. The Balaban J connectivity index is 1.40. The van der Waals surface area contributed by atoms with Gasteiger partial charge >= 0.3 is 0 Å². The Bertz CT molecular complexity index is 776. The summed E-state index contributed by atoms with van der Waals surface area (Å²) >= 11 is 0. The molecule has 1 aliphatic heterocycles. The predicted octanol–water partition coefficient (Wildman–Crippen LogP) is 3.10. The highest BCUT2D eigenvalue weighted by Gasteiger charge is 2.30. The summed E-state index contributed by atoms with van der Waals surface area (Å²) in [5.74, 6) is 0.624. The number of halogens is 1. The van der Waals surface area contributed by atoms with Crippen molar-refractivity contribution in [1.29, 1.82) is 0 Å². The maximum absolute atomic E-state index is 13.7. The van der Waals surface area contributed by atoms with Gasteiger partial charge in [0, 0.05) is 44.0 Å². The van der Waals surface area contributed by atoms with Crippen molar-refractivity contribution in [3.05, 3.63) is 11.8 Å². The summed E-state index contributed by atoms with van der Waals surface area (Å²) < 4.78 is 13.7. The number of aliphatic hydroxyl groups is 1. The Kier molecular flexibility index (Phi) is 8.35. The first-order valence-corrected chi connectivity index (χ1v) is 12.8. The molecule has 2 heterocycles. The molecule has 33 heavy (non-hydrogen) atoms. The minimum Gasteiger partial charge on any atom is -0.393 e. The van der Waals surface area contributed by atoms with Gasteiger partial charge in [0.25, 0.3) is 5.91 Å².